The molecule has 1 atom stereocenters. The SMILES string of the molecule is O=C(NCCO)[C@H](Cc1ccccc1)N(Cc1ccc(F)cc1)C(=O)COc1ccc(S(=O)(=O)Nc2ccc(F)cc2)cc1. The van der Waals surface area contributed by atoms with Crippen LogP contribution in [0.5, 0.6) is 5.75 Å². The van der Waals surface area contributed by atoms with Crippen molar-refractivity contribution in [2.75, 3.05) is 24.5 Å². The van der Waals surface area contributed by atoms with Gasteiger partial charge in [0.2, 0.25) is 5.91 Å². The fraction of sp³-hybridized carbons (Fsp3) is 0.188. The van der Waals surface area contributed by atoms with Crippen molar-refractivity contribution in [3.63, 3.8) is 0 Å². The van der Waals surface area contributed by atoms with Crippen LogP contribution in [-0.2, 0) is 32.6 Å². The number of amides is 2. The van der Waals surface area contributed by atoms with Crippen molar-refractivity contribution in [2.45, 2.75) is 23.9 Å². The van der Waals surface area contributed by atoms with E-state index in [1.807, 2.05) is 30.3 Å². The van der Waals surface area contributed by atoms with E-state index < -0.39 is 46.1 Å². The number of carbonyl (C=O) groups excluding carboxylic acids is 2. The average Bonchev–Trinajstić information content (AvgIpc) is 3.03. The Labute approximate surface area is 254 Å². The first kappa shape index (κ1) is 32.1. The maximum Gasteiger partial charge on any atom is 0.261 e. The summed E-state index contributed by atoms with van der Waals surface area (Å²) in [5, 5.41) is 11.9. The molecule has 0 unspecified atom stereocenters. The molecule has 9 nitrogen and oxygen atoms in total. The molecule has 0 heterocycles. The van der Waals surface area contributed by atoms with Gasteiger partial charge in [-0.15, -0.1) is 0 Å². The Morgan fingerprint density at radius 3 is 2.05 bits per heavy atom. The maximum absolute atomic E-state index is 13.6. The lowest BCUT2D eigenvalue weighted by Crippen LogP contribution is -2.52. The van der Waals surface area contributed by atoms with Crippen molar-refractivity contribution in [2.24, 2.45) is 0 Å². The second-order valence-electron chi connectivity index (χ2n) is 9.74. The minimum absolute atomic E-state index is 0.00945. The van der Waals surface area contributed by atoms with E-state index in [-0.39, 0.29) is 42.4 Å². The van der Waals surface area contributed by atoms with Crippen LogP contribution in [0.4, 0.5) is 14.5 Å². The van der Waals surface area contributed by atoms with Crippen LogP contribution in [0.1, 0.15) is 11.1 Å². The summed E-state index contributed by atoms with van der Waals surface area (Å²) in [6.07, 6.45) is 0.165. The zero-order chi connectivity index (χ0) is 31.5. The van der Waals surface area contributed by atoms with Gasteiger partial charge in [0, 0.05) is 25.2 Å². The van der Waals surface area contributed by atoms with Crippen molar-refractivity contribution in [1.82, 2.24) is 10.2 Å². The number of anilines is 1. The number of hydrogen-bond acceptors (Lipinski definition) is 6. The minimum atomic E-state index is -3.98. The molecule has 230 valence electrons. The Kier molecular flexibility index (Phi) is 11.0. The summed E-state index contributed by atoms with van der Waals surface area (Å²) in [6, 6.07) is 23.9. The number of carbonyl (C=O) groups is 2. The Morgan fingerprint density at radius 2 is 1.43 bits per heavy atom. The van der Waals surface area contributed by atoms with E-state index in [9.17, 15) is 31.9 Å². The molecule has 3 N–H and O–H groups in total. The van der Waals surface area contributed by atoms with Crippen LogP contribution in [0.15, 0.2) is 108 Å². The van der Waals surface area contributed by atoms with Crippen LogP contribution in [0.25, 0.3) is 0 Å². The summed E-state index contributed by atoms with van der Waals surface area (Å²) >= 11 is 0. The highest BCUT2D eigenvalue weighted by molar-refractivity contribution is 7.92. The Balaban J connectivity index is 1.52. The van der Waals surface area contributed by atoms with E-state index in [1.165, 1.54) is 65.6 Å². The van der Waals surface area contributed by atoms with Crippen LogP contribution >= 0.6 is 0 Å². The van der Waals surface area contributed by atoms with Gasteiger partial charge in [0.25, 0.3) is 15.9 Å². The predicted molar refractivity (Wildman–Crippen MR) is 160 cm³/mol. The van der Waals surface area contributed by atoms with Crippen molar-refractivity contribution in [1.29, 1.82) is 0 Å². The number of sulfonamides is 1. The summed E-state index contributed by atoms with van der Waals surface area (Å²) in [6.45, 7) is -0.813. The smallest absolute Gasteiger partial charge is 0.261 e. The highest BCUT2D eigenvalue weighted by atomic mass is 32.2. The largest absolute Gasteiger partial charge is 0.484 e. The molecule has 4 aromatic rings. The molecule has 44 heavy (non-hydrogen) atoms. The monoisotopic (exact) mass is 623 g/mol. The summed E-state index contributed by atoms with van der Waals surface area (Å²) in [4.78, 5) is 28.1. The third-order valence-electron chi connectivity index (χ3n) is 6.54. The summed E-state index contributed by atoms with van der Waals surface area (Å²) in [7, 11) is -3.98. The first-order chi connectivity index (χ1) is 21.1. The lowest BCUT2D eigenvalue weighted by Gasteiger charge is -2.31. The molecule has 4 aromatic carbocycles. The number of rotatable bonds is 14. The number of nitrogens with one attached hydrogen (secondary N) is 2. The number of ether oxygens (including phenoxy) is 1. The number of halogens is 2. The fourth-order valence-electron chi connectivity index (χ4n) is 4.31. The topological polar surface area (TPSA) is 125 Å². The van der Waals surface area contributed by atoms with Gasteiger partial charge in [-0.2, -0.15) is 0 Å². The molecule has 0 saturated carbocycles. The van der Waals surface area contributed by atoms with Crippen LogP contribution in [0.3, 0.4) is 0 Å². The predicted octanol–water partition coefficient (Wildman–Crippen LogP) is 3.89. The van der Waals surface area contributed by atoms with Crippen LogP contribution in [0, 0.1) is 11.6 Å². The van der Waals surface area contributed by atoms with E-state index in [2.05, 4.69) is 10.0 Å². The molecule has 0 aliphatic heterocycles. The third kappa shape index (κ3) is 9.09. The van der Waals surface area contributed by atoms with Gasteiger partial charge in [0.1, 0.15) is 23.4 Å². The molecule has 0 radical (unpaired) electrons. The van der Waals surface area contributed by atoms with Gasteiger partial charge >= 0.3 is 0 Å². The highest BCUT2D eigenvalue weighted by Gasteiger charge is 2.30. The number of benzene rings is 4. The molecule has 0 fully saturated rings. The van der Waals surface area contributed by atoms with E-state index in [1.54, 1.807) is 0 Å². The zero-order valence-electron chi connectivity index (χ0n) is 23.5. The van der Waals surface area contributed by atoms with Gasteiger partial charge in [-0.25, -0.2) is 17.2 Å². The van der Waals surface area contributed by atoms with Gasteiger partial charge in [-0.1, -0.05) is 42.5 Å². The molecule has 4 rings (SSSR count). The third-order valence-corrected chi connectivity index (χ3v) is 7.94. The van der Waals surface area contributed by atoms with E-state index in [0.29, 0.717) is 5.56 Å². The quantitative estimate of drug-likeness (QED) is 0.196. The van der Waals surface area contributed by atoms with Crippen LogP contribution in [-0.4, -0.2) is 56.0 Å². The lowest BCUT2D eigenvalue weighted by molar-refractivity contribution is -0.142. The van der Waals surface area contributed by atoms with E-state index >= 15 is 0 Å². The number of aliphatic hydroxyl groups is 1. The van der Waals surface area contributed by atoms with Gasteiger partial charge in [0.15, 0.2) is 6.61 Å². The minimum Gasteiger partial charge on any atom is -0.484 e. The van der Waals surface area contributed by atoms with Gasteiger partial charge in [0.05, 0.1) is 11.5 Å². The van der Waals surface area contributed by atoms with Crippen molar-refractivity contribution in [3.8, 4) is 5.75 Å². The molecular formula is C32H31F2N3O6S. The molecule has 0 aromatic heterocycles. The van der Waals surface area contributed by atoms with Crippen molar-refractivity contribution in [3.05, 3.63) is 126 Å². The van der Waals surface area contributed by atoms with Crippen LogP contribution in [0.2, 0.25) is 0 Å². The molecule has 0 aliphatic rings. The molecule has 0 saturated heterocycles. The van der Waals surface area contributed by atoms with Gasteiger partial charge < -0.3 is 20.1 Å². The van der Waals surface area contributed by atoms with Crippen LogP contribution < -0.4 is 14.8 Å². The first-order valence-electron chi connectivity index (χ1n) is 13.6. The average molecular weight is 624 g/mol. The zero-order valence-corrected chi connectivity index (χ0v) is 24.3. The highest BCUT2D eigenvalue weighted by Crippen LogP contribution is 2.21. The van der Waals surface area contributed by atoms with Gasteiger partial charge in [-0.05, 0) is 71.8 Å². The van der Waals surface area contributed by atoms with Crippen molar-refractivity contribution >= 4 is 27.5 Å². The molecule has 0 aliphatic carbocycles. The Bertz CT molecular complexity index is 1640. The number of hydrogen-bond donors (Lipinski definition) is 3. The van der Waals surface area contributed by atoms with Gasteiger partial charge in [-0.3, -0.25) is 14.3 Å². The maximum atomic E-state index is 13.6. The Morgan fingerprint density at radius 1 is 0.818 bits per heavy atom. The lowest BCUT2D eigenvalue weighted by atomic mass is 10.0. The first-order valence-corrected chi connectivity index (χ1v) is 15.1. The normalized spacial score (nSPS) is 11.8. The summed E-state index contributed by atoms with van der Waals surface area (Å²) in [5.41, 5.74) is 1.56. The second-order valence-corrected chi connectivity index (χ2v) is 11.4. The van der Waals surface area contributed by atoms with E-state index in [4.69, 9.17) is 4.74 Å². The molecule has 0 bridgehead atoms. The fourth-order valence-corrected chi connectivity index (χ4v) is 5.37. The summed E-state index contributed by atoms with van der Waals surface area (Å²) < 4.78 is 60.2. The molecule has 0 spiro atoms. The number of nitrogens with zero attached hydrogens (tertiary/aromatic N) is 1. The molecular weight excluding hydrogens is 592 g/mol. The molecule has 12 heteroatoms. The molecule has 2 amide bonds. The number of aliphatic hydroxyl groups excluding tert-OH is 1. The standard InChI is InChI=1S/C32H31F2N3O6S/c33-25-8-6-24(7-9-25)21-37(30(32(40)35-18-19-38)20-23-4-2-1-3-5-23)31(39)22-43-28-14-16-29(17-15-28)44(41,42)36-27-12-10-26(34)11-13-27/h1-17,30,36,38H,18-22H2,(H,35,40)/t30-/m0/s1. The van der Waals surface area contributed by atoms with E-state index in [0.717, 1.165) is 17.7 Å². The second kappa shape index (κ2) is 15.1. The van der Waals surface area contributed by atoms with Crippen molar-refractivity contribution < 1.29 is 36.6 Å². The Hall–Kier alpha value is -4.81. The summed E-state index contributed by atoms with van der Waals surface area (Å²) in [5.74, 6) is -1.79.